The second-order valence-electron chi connectivity index (χ2n) is 14.8. The van der Waals surface area contributed by atoms with Crippen LogP contribution in [-0.2, 0) is 14.4 Å². The quantitative estimate of drug-likeness (QED) is 0.271. The largest absolute Gasteiger partial charge is 0.356 e. The molecule has 0 heterocycles. The molecule has 0 unspecified atom stereocenters. The number of fused-ring (bicyclic) bond motifs is 5. The molecule has 0 aromatic rings. The van der Waals surface area contributed by atoms with Gasteiger partial charge in [0.25, 0.3) is 0 Å². The van der Waals surface area contributed by atoms with Gasteiger partial charge in [-0.2, -0.15) is 0 Å². The second-order valence-corrected chi connectivity index (χ2v) is 14.8. The molecule has 5 nitrogen and oxygen atoms in total. The maximum atomic E-state index is 13.7. The van der Waals surface area contributed by atoms with Gasteiger partial charge < -0.3 is 5.32 Å². The molecular weight excluding hydrogens is 484 g/mol. The zero-order valence-corrected chi connectivity index (χ0v) is 25.8. The normalized spacial score (nSPS) is 42.9. The number of carbonyl (C=O) groups is 3. The molecule has 0 spiro atoms. The fourth-order valence-corrected chi connectivity index (χ4v) is 11.1. The molecule has 4 saturated carbocycles. The van der Waals surface area contributed by atoms with Gasteiger partial charge in [-0.25, -0.2) is 0 Å². The lowest BCUT2D eigenvalue weighted by Crippen LogP contribution is -2.65. The van der Waals surface area contributed by atoms with Gasteiger partial charge in [0, 0.05) is 20.4 Å². The zero-order valence-electron chi connectivity index (χ0n) is 25.8. The Morgan fingerprint density at radius 3 is 2.08 bits per heavy atom. The van der Waals surface area contributed by atoms with E-state index in [9.17, 15) is 14.4 Å². The van der Waals surface area contributed by atoms with Crippen molar-refractivity contribution in [2.75, 3.05) is 6.54 Å². The molecule has 0 aromatic heterocycles. The Morgan fingerprint density at radius 1 is 0.795 bits per heavy atom. The van der Waals surface area contributed by atoms with E-state index in [0.717, 1.165) is 57.9 Å². The summed E-state index contributed by atoms with van der Waals surface area (Å²) in [6, 6.07) is 0. The molecule has 0 aliphatic heterocycles. The predicted octanol–water partition coefficient (Wildman–Crippen LogP) is 6.98. The molecule has 218 valence electrons. The molecule has 5 heteroatoms. The first-order chi connectivity index (χ1) is 18.1. The van der Waals surface area contributed by atoms with Gasteiger partial charge in [-0.15, -0.1) is 0 Å². The number of carbonyl (C=O) groups excluding carboxylic acids is 3. The van der Waals surface area contributed by atoms with Gasteiger partial charge in [0.15, 0.2) is 0 Å². The molecule has 4 rings (SSSR count). The third-order valence-electron chi connectivity index (χ3n) is 12.9. The summed E-state index contributed by atoms with van der Waals surface area (Å²) in [5.74, 6) is 1.85. The van der Waals surface area contributed by atoms with Crippen LogP contribution in [0.4, 0.5) is 0 Å². The van der Waals surface area contributed by atoms with Crippen molar-refractivity contribution in [3.63, 3.8) is 0 Å². The summed E-state index contributed by atoms with van der Waals surface area (Å²) in [5, 5.41) is 5.75. The summed E-state index contributed by atoms with van der Waals surface area (Å²) in [4.78, 5) is 37.3. The fourth-order valence-electron chi connectivity index (χ4n) is 11.1. The highest BCUT2D eigenvalue weighted by molar-refractivity contribution is 5.97. The predicted molar refractivity (Wildman–Crippen MR) is 158 cm³/mol. The van der Waals surface area contributed by atoms with E-state index in [1.54, 1.807) is 6.92 Å². The van der Waals surface area contributed by atoms with Crippen molar-refractivity contribution >= 4 is 17.7 Å². The third-order valence-corrected chi connectivity index (χ3v) is 12.9. The van der Waals surface area contributed by atoms with Crippen LogP contribution in [0.25, 0.3) is 0 Å². The highest BCUT2D eigenvalue weighted by Gasteiger charge is 2.70. The van der Waals surface area contributed by atoms with Crippen LogP contribution in [-0.4, -0.2) is 24.3 Å². The van der Waals surface area contributed by atoms with Crippen molar-refractivity contribution in [1.29, 1.82) is 0 Å². The van der Waals surface area contributed by atoms with Crippen molar-refractivity contribution in [2.24, 2.45) is 51.2 Å². The Labute approximate surface area is 237 Å². The van der Waals surface area contributed by atoms with E-state index >= 15 is 0 Å². The fraction of sp³-hybridized carbons (Fsp3) is 0.794. The van der Waals surface area contributed by atoms with Gasteiger partial charge in [0.2, 0.25) is 17.7 Å². The maximum absolute atomic E-state index is 13.7. The van der Waals surface area contributed by atoms with Crippen LogP contribution in [0.3, 0.4) is 0 Å². The van der Waals surface area contributed by atoms with Crippen molar-refractivity contribution < 1.29 is 14.4 Å². The van der Waals surface area contributed by atoms with Crippen molar-refractivity contribution in [2.45, 2.75) is 113 Å². The molecule has 0 saturated heterocycles. The number of imide groups is 1. The van der Waals surface area contributed by atoms with E-state index in [1.165, 1.54) is 30.9 Å². The van der Waals surface area contributed by atoms with Crippen molar-refractivity contribution in [1.82, 2.24) is 10.6 Å². The molecule has 0 bridgehead atoms. The highest BCUT2D eigenvalue weighted by atomic mass is 16.2. The molecule has 9 atom stereocenters. The van der Waals surface area contributed by atoms with Gasteiger partial charge in [-0.1, -0.05) is 45.1 Å². The molecular formula is C34H54N2O3. The number of hydrogen-bond donors (Lipinski definition) is 2. The number of rotatable bonds is 7. The summed E-state index contributed by atoms with van der Waals surface area (Å²) >= 11 is 0. The molecule has 0 radical (unpaired) electrons. The zero-order chi connectivity index (χ0) is 29.0. The van der Waals surface area contributed by atoms with Gasteiger partial charge in [0.05, 0.1) is 5.41 Å². The lowest BCUT2D eigenvalue weighted by atomic mass is 9.34. The molecule has 3 amide bonds. The minimum Gasteiger partial charge on any atom is -0.356 e. The van der Waals surface area contributed by atoms with E-state index in [2.05, 4.69) is 58.4 Å². The van der Waals surface area contributed by atoms with Crippen LogP contribution in [0, 0.1) is 51.2 Å². The summed E-state index contributed by atoms with van der Waals surface area (Å²) in [5.41, 5.74) is 2.46. The first kappa shape index (κ1) is 30.1. The van der Waals surface area contributed by atoms with Crippen LogP contribution in [0.2, 0.25) is 0 Å². The van der Waals surface area contributed by atoms with E-state index in [4.69, 9.17) is 0 Å². The smallest absolute Gasteiger partial charge is 0.233 e. The molecule has 4 aliphatic rings. The van der Waals surface area contributed by atoms with Gasteiger partial charge >= 0.3 is 0 Å². The molecule has 2 N–H and O–H groups in total. The minimum absolute atomic E-state index is 0.0353. The molecule has 4 aliphatic carbocycles. The Kier molecular flexibility index (Phi) is 8.08. The Bertz CT molecular complexity index is 1050. The molecule has 4 fully saturated rings. The summed E-state index contributed by atoms with van der Waals surface area (Å²) in [7, 11) is 0. The number of hydrogen-bond acceptors (Lipinski definition) is 3. The van der Waals surface area contributed by atoms with Crippen LogP contribution in [0.15, 0.2) is 24.3 Å². The average molecular weight is 539 g/mol. The molecule has 0 aromatic carbocycles. The van der Waals surface area contributed by atoms with Gasteiger partial charge in [-0.05, 0) is 124 Å². The summed E-state index contributed by atoms with van der Waals surface area (Å²) in [6.45, 7) is 24.7. The second kappa shape index (κ2) is 10.5. The van der Waals surface area contributed by atoms with E-state index in [1.807, 2.05) is 0 Å². The van der Waals surface area contributed by atoms with E-state index in [0.29, 0.717) is 23.7 Å². The lowest BCUT2D eigenvalue weighted by Gasteiger charge is -2.70. The molecule has 39 heavy (non-hydrogen) atoms. The van der Waals surface area contributed by atoms with Crippen molar-refractivity contribution in [3.05, 3.63) is 24.3 Å². The van der Waals surface area contributed by atoms with Crippen molar-refractivity contribution in [3.8, 4) is 0 Å². The minimum atomic E-state index is -0.459. The first-order valence-electron chi connectivity index (χ1n) is 15.5. The van der Waals surface area contributed by atoms with Crippen LogP contribution < -0.4 is 10.6 Å². The van der Waals surface area contributed by atoms with Gasteiger partial charge in [-0.3, -0.25) is 19.7 Å². The number of amides is 3. The SMILES string of the molecule is C=C(C)[C@@H]1CC[C@]2(C(=O)NC(C)=O)CC[C@]3(C)[C@H](CC[C@@H]4[C@@](C)(CCCNC(C)=O)[C@H](C(=C)C)CC[C@]43C)[C@@H]12. The van der Waals surface area contributed by atoms with Gasteiger partial charge in [0.1, 0.15) is 0 Å². The summed E-state index contributed by atoms with van der Waals surface area (Å²) in [6.07, 6.45) is 10.5. The summed E-state index contributed by atoms with van der Waals surface area (Å²) < 4.78 is 0. The van der Waals surface area contributed by atoms with Crippen LogP contribution >= 0.6 is 0 Å². The Morgan fingerprint density at radius 2 is 1.49 bits per heavy atom. The first-order valence-corrected chi connectivity index (χ1v) is 15.5. The highest BCUT2D eigenvalue weighted by Crippen LogP contribution is 2.76. The van der Waals surface area contributed by atoms with E-state index < -0.39 is 5.41 Å². The Hall–Kier alpha value is -1.91. The monoisotopic (exact) mass is 538 g/mol. The Balaban J connectivity index is 1.72. The van der Waals surface area contributed by atoms with Crippen LogP contribution in [0.5, 0.6) is 0 Å². The standard InChI is InChI=1S/C34H54N2O3/c1-21(2)25-13-17-34(30(39)36-24(6)38)19-18-32(8)27(29(25)34)11-12-28-31(7,15-10-20-35-23(5)37)26(22(3)4)14-16-33(28,32)9/h25-29H,1,3,10-20H2,2,4-9H3,(H,35,37)(H,36,38,39)/t25-,26-,27+,28+,29+,31-,32+,33+,34-/m0/s1. The maximum Gasteiger partial charge on any atom is 0.233 e. The topological polar surface area (TPSA) is 75.3 Å². The number of nitrogens with one attached hydrogen (secondary N) is 2. The average Bonchev–Trinajstić information content (AvgIpc) is 3.23. The number of allylic oxidation sites excluding steroid dienone is 2. The van der Waals surface area contributed by atoms with Crippen LogP contribution in [0.1, 0.15) is 113 Å². The van der Waals surface area contributed by atoms with E-state index in [-0.39, 0.29) is 39.9 Å². The lowest BCUT2D eigenvalue weighted by molar-refractivity contribution is -0.215. The third kappa shape index (κ3) is 4.64.